The zero-order chi connectivity index (χ0) is 19.4. The van der Waals surface area contributed by atoms with Crippen LogP contribution in [0.25, 0.3) is 0 Å². The predicted octanol–water partition coefficient (Wildman–Crippen LogP) is 3.62. The largest absolute Gasteiger partial charge is 0.481 e. The van der Waals surface area contributed by atoms with Crippen LogP contribution in [0.4, 0.5) is 5.00 Å². The first-order valence-electron chi connectivity index (χ1n) is 8.90. The molecule has 1 aliphatic rings. The van der Waals surface area contributed by atoms with E-state index in [0.717, 1.165) is 18.4 Å². The molecule has 2 amide bonds. The number of carboxylic acid groups (broad SMARTS) is 1. The van der Waals surface area contributed by atoms with Gasteiger partial charge in [-0.2, -0.15) is 0 Å². The van der Waals surface area contributed by atoms with E-state index in [0.29, 0.717) is 29.4 Å². The fourth-order valence-corrected chi connectivity index (χ4v) is 4.33. The molecule has 2 N–H and O–H groups in total. The number of hydrogen-bond acceptors (Lipinski definition) is 5. The molecular weight excluding hydrogens is 368 g/mol. The highest BCUT2D eigenvalue weighted by atomic mass is 32.1. The van der Waals surface area contributed by atoms with Crippen molar-refractivity contribution >= 4 is 34.1 Å². The van der Waals surface area contributed by atoms with Gasteiger partial charge in [-0.1, -0.05) is 0 Å². The normalized spacial score (nSPS) is 16.9. The van der Waals surface area contributed by atoms with Gasteiger partial charge in [0.15, 0.2) is 5.76 Å². The molecule has 2 aromatic rings. The Morgan fingerprint density at radius 1 is 1.41 bits per heavy atom. The number of carboxylic acids is 1. The van der Waals surface area contributed by atoms with Crippen LogP contribution in [0.15, 0.2) is 28.9 Å². The quantitative estimate of drug-likeness (QED) is 0.785. The van der Waals surface area contributed by atoms with E-state index >= 15 is 0 Å². The fourth-order valence-electron chi connectivity index (χ4n) is 3.29. The lowest BCUT2D eigenvalue weighted by Crippen LogP contribution is -2.40. The number of nitrogens with zero attached hydrogens (tertiary/aromatic N) is 1. The maximum absolute atomic E-state index is 12.9. The molecule has 0 bridgehead atoms. The van der Waals surface area contributed by atoms with Crippen molar-refractivity contribution in [2.75, 3.05) is 18.4 Å². The number of piperidine rings is 1. The Kier molecular flexibility index (Phi) is 5.95. The van der Waals surface area contributed by atoms with E-state index in [2.05, 4.69) is 5.32 Å². The number of hydrogen-bond donors (Lipinski definition) is 2. The first-order chi connectivity index (χ1) is 12.9. The van der Waals surface area contributed by atoms with E-state index in [4.69, 9.17) is 9.52 Å². The third kappa shape index (κ3) is 4.77. The van der Waals surface area contributed by atoms with E-state index in [-0.39, 0.29) is 29.9 Å². The smallest absolute Gasteiger partial charge is 0.303 e. The van der Waals surface area contributed by atoms with Crippen molar-refractivity contribution in [3.05, 3.63) is 40.7 Å². The highest BCUT2D eigenvalue weighted by Crippen LogP contribution is 2.30. The molecule has 1 aliphatic heterocycles. The van der Waals surface area contributed by atoms with Crippen molar-refractivity contribution in [3.8, 4) is 0 Å². The van der Waals surface area contributed by atoms with Crippen molar-refractivity contribution in [2.45, 2.75) is 32.6 Å². The summed E-state index contributed by atoms with van der Waals surface area (Å²) in [6, 6.07) is 5.00. The van der Waals surface area contributed by atoms with Crippen molar-refractivity contribution < 1.29 is 23.9 Å². The summed E-state index contributed by atoms with van der Waals surface area (Å²) < 4.78 is 5.07. The summed E-state index contributed by atoms with van der Waals surface area (Å²) in [5, 5.41) is 12.2. The second kappa shape index (κ2) is 8.39. The molecule has 0 radical (unpaired) electrons. The van der Waals surface area contributed by atoms with Crippen LogP contribution < -0.4 is 5.32 Å². The van der Waals surface area contributed by atoms with Gasteiger partial charge in [0, 0.05) is 19.5 Å². The van der Waals surface area contributed by atoms with Gasteiger partial charge in [0.2, 0.25) is 0 Å². The van der Waals surface area contributed by atoms with Gasteiger partial charge in [0.05, 0.1) is 16.1 Å². The Balaban J connectivity index is 1.65. The first-order valence-corrected chi connectivity index (χ1v) is 9.72. The number of carbonyl (C=O) groups is 3. The lowest BCUT2D eigenvalue weighted by atomic mass is 9.93. The third-order valence-electron chi connectivity index (χ3n) is 4.67. The van der Waals surface area contributed by atoms with Crippen molar-refractivity contribution in [1.82, 2.24) is 4.90 Å². The summed E-state index contributed by atoms with van der Waals surface area (Å²) in [4.78, 5) is 38.2. The van der Waals surface area contributed by atoms with E-state index in [9.17, 15) is 14.4 Å². The minimum Gasteiger partial charge on any atom is -0.481 e. The number of rotatable bonds is 6. The van der Waals surface area contributed by atoms with Gasteiger partial charge in [-0.05, 0) is 55.9 Å². The van der Waals surface area contributed by atoms with Crippen LogP contribution in [0, 0.1) is 12.8 Å². The summed E-state index contributed by atoms with van der Waals surface area (Å²) >= 11 is 1.25. The van der Waals surface area contributed by atoms with Crippen LogP contribution in [0.3, 0.4) is 0 Å². The summed E-state index contributed by atoms with van der Waals surface area (Å²) in [7, 11) is 0. The molecule has 8 heteroatoms. The number of aliphatic carboxylic acids is 1. The lowest BCUT2D eigenvalue weighted by molar-refractivity contribution is -0.137. The Morgan fingerprint density at radius 2 is 2.22 bits per heavy atom. The highest BCUT2D eigenvalue weighted by Gasteiger charge is 2.27. The molecule has 1 unspecified atom stereocenters. The van der Waals surface area contributed by atoms with Crippen LogP contribution in [-0.4, -0.2) is 40.9 Å². The van der Waals surface area contributed by atoms with Crippen molar-refractivity contribution in [2.24, 2.45) is 5.92 Å². The van der Waals surface area contributed by atoms with Crippen molar-refractivity contribution in [3.63, 3.8) is 0 Å². The summed E-state index contributed by atoms with van der Waals surface area (Å²) in [5.41, 5.74) is 0.812. The van der Waals surface area contributed by atoms with Gasteiger partial charge in [-0.3, -0.25) is 14.4 Å². The highest BCUT2D eigenvalue weighted by molar-refractivity contribution is 7.18. The molecule has 2 aromatic heterocycles. The zero-order valence-electron chi connectivity index (χ0n) is 15.1. The molecule has 0 spiro atoms. The molecule has 3 heterocycles. The second-order valence-corrected chi connectivity index (χ2v) is 7.80. The second-order valence-electron chi connectivity index (χ2n) is 6.75. The van der Waals surface area contributed by atoms with Crippen molar-refractivity contribution in [1.29, 1.82) is 0 Å². The SMILES string of the molecule is Cc1cc(NC(=O)c2ccco2)sc1C(=O)N1CCCC(CCC(=O)O)C1. The number of likely N-dealkylation sites (tertiary alicyclic amines) is 1. The number of carbonyl (C=O) groups excluding carboxylic acids is 2. The molecule has 144 valence electrons. The van der Waals surface area contributed by atoms with Gasteiger partial charge in [0.1, 0.15) is 0 Å². The van der Waals surface area contributed by atoms with Crippen LogP contribution in [-0.2, 0) is 4.79 Å². The Labute approximate surface area is 161 Å². The Bertz CT molecular complexity index is 827. The lowest BCUT2D eigenvalue weighted by Gasteiger charge is -2.32. The molecule has 0 aromatic carbocycles. The van der Waals surface area contributed by atoms with E-state index < -0.39 is 5.97 Å². The molecule has 27 heavy (non-hydrogen) atoms. The number of amides is 2. The number of aryl methyl sites for hydroxylation is 1. The average molecular weight is 390 g/mol. The predicted molar refractivity (Wildman–Crippen MR) is 101 cm³/mol. The molecule has 3 rings (SSSR count). The van der Waals surface area contributed by atoms with Gasteiger partial charge in [-0.15, -0.1) is 11.3 Å². The summed E-state index contributed by atoms with van der Waals surface area (Å²) in [5.74, 6) is -0.782. The Hall–Kier alpha value is -2.61. The van der Waals surface area contributed by atoms with Gasteiger partial charge in [-0.25, -0.2) is 0 Å². The summed E-state index contributed by atoms with van der Waals surface area (Å²) in [6.45, 7) is 3.10. The first kappa shape index (κ1) is 19.2. The topological polar surface area (TPSA) is 99.9 Å². The number of anilines is 1. The molecule has 0 aliphatic carbocycles. The monoisotopic (exact) mass is 390 g/mol. The third-order valence-corrected chi connectivity index (χ3v) is 5.81. The maximum atomic E-state index is 12.9. The minimum atomic E-state index is -0.801. The standard InChI is InChI=1S/C19H22N2O5S/c1-12-10-15(20-18(24)14-5-3-9-26-14)27-17(12)19(25)21-8-2-4-13(11-21)6-7-16(22)23/h3,5,9-10,13H,2,4,6-8,11H2,1H3,(H,20,24)(H,22,23). The molecule has 1 atom stereocenters. The average Bonchev–Trinajstić information content (AvgIpc) is 3.29. The molecule has 7 nitrogen and oxygen atoms in total. The van der Waals surface area contributed by atoms with E-state index in [1.165, 1.54) is 17.6 Å². The van der Waals surface area contributed by atoms with E-state index in [1.807, 2.05) is 6.92 Å². The van der Waals surface area contributed by atoms with Crippen LogP contribution in [0.1, 0.15) is 51.5 Å². The molecular formula is C19H22N2O5S. The minimum absolute atomic E-state index is 0.0592. The fraction of sp³-hybridized carbons (Fsp3) is 0.421. The Morgan fingerprint density at radius 3 is 2.93 bits per heavy atom. The van der Waals surface area contributed by atoms with Gasteiger partial charge >= 0.3 is 5.97 Å². The maximum Gasteiger partial charge on any atom is 0.303 e. The van der Waals surface area contributed by atoms with Crippen LogP contribution >= 0.6 is 11.3 Å². The number of nitrogens with one attached hydrogen (secondary N) is 1. The zero-order valence-corrected chi connectivity index (χ0v) is 15.9. The van der Waals surface area contributed by atoms with E-state index in [1.54, 1.807) is 23.1 Å². The van der Waals surface area contributed by atoms with Crippen LogP contribution in [0.2, 0.25) is 0 Å². The molecule has 0 saturated carbocycles. The van der Waals surface area contributed by atoms with Gasteiger partial charge in [0.25, 0.3) is 11.8 Å². The molecule has 1 fully saturated rings. The van der Waals surface area contributed by atoms with Gasteiger partial charge < -0.3 is 19.7 Å². The van der Waals surface area contributed by atoms with Crippen LogP contribution in [0.5, 0.6) is 0 Å². The summed E-state index contributed by atoms with van der Waals surface area (Å²) in [6.07, 6.45) is 3.98. The molecule has 1 saturated heterocycles. The number of thiophene rings is 1. The number of furan rings is 1.